The van der Waals surface area contributed by atoms with Gasteiger partial charge in [-0.1, -0.05) is 13.3 Å². The first-order valence-electron chi connectivity index (χ1n) is 3.11. The second kappa shape index (κ2) is 5.28. The van der Waals surface area contributed by atoms with Crippen LogP contribution in [0.3, 0.4) is 0 Å². The predicted molar refractivity (Wildman–Crippen MR) is 36.1 cm³/mol. The standard InChI is InChI=1S/C5H14O2Si/c1-3-5-8(6)7-4-2/h6,8H,3-5H2,1-2H3. The van der Waals surface area contributed by atoms with Crippen LogP contribution in [0.4, 0.5) is 0 Å². The number of hydrogen-bond acceptors (Lipinski definition) is 2. The largest absolute Gasteiger partial charge is 0.413 e. The lowest BCUT2D eigenvalue weighted by Crippen LogP contribution is -2.16. The molecule has 1 unspecified atom stereocenters. The van der Waals surface area contributed by atoms with Gasteiger partial charge < -0.3 is 9.22 Å². The second-order valence-electron chi connectivity index (χ2n) is 1.70. The molecule has 0 aliphatic rings. The fraction of sp³-hybridized carbons (Fsp3) is 1.00. The van der Waals surface area contributed by atoms with Gasteiger partial charge >= 0.3 is 9.28 Å². The molecule has 0 rings (SSSR count). The summed E-state index contributed by atoms with van der Waals surface area (Å²) >= 11 is 0. The maximum absolute atomic E-state index is 8.97. The summed E-state index contributed by atoms with van der Waals surface area (Å²) in [6.45, 7) is 4.62. The van der Waals surface area contributed by atoms with Gasteiger partial charge in [-0.3, -0.25) is 0 Å². The molecule has 0 aromatic carbocycles. The predicted octanol–water partition coefficient (Wildman–Crippen LogP) is 0.646. The molecule has 0 radical (unpaired) electrons. The molecule has 3 heteroatoms. The van der Waals surface area contributed by atoms with Crippen molar-refractivity contribution in [3.05, 3.63) is 0 Å². The summed E-state index contributed by atoms with van der Waals surface area (Å²) < 4.78 is 4.98. The molecule has 0 aliphatic heterocycles. The fourth-order valence-corrected chi connectivity index (χ4v) is 1.57. The van der Waals surface area contributed by atoms with Gasteiger partial charge in [0.05, 0.1) is 0 Å². The van der Waals surface area contributed by atoms with E-state index in [-0.39, 0.29) is 0 Å². The first-order chi connectivity index (χ1) is 3.81. The zero-order valence-corrected chi connectivity index (χ0v) is 6.71. The summed E-state index contributed by atoms with van der Waals surface area (Å²) in [5.74, 6) is 0. The van der Waals surface area contributed by atoms with Crippen molar-refractivity contribution < 1.29 is 9.22 Å². The molecule has 0 saturated heterocycles. The molecule has 0 amide bonds. The van der Waals surface area contributed by atoms with Crippen LogP contribution in [-0.4, -0.2) is 20.7 Å². The molecule has 8 heavy (non-hydrogen) atoms. The minimum Gasteiger partial charge on any atom is -0.413 e. The molecular formula is C5H14O2Si. The molecule has 0 heterocycles. The molecule has 0 aromatic rings. The molecular weight excluding hydrogens is 120 g/mol. The molecule has 2 nitrogen and oxygen atoms in total. The first kappa shape index (κ1) is 8.14. The van der Waals surface area contributed by atoms with Gasteiger partial charge in [-0.05, 0) is 13.0 Å². The smallest absolute Gasteiger partial charge is 0.318 e. The SMILES string of the molecule is CCC[SiH](O)OCC. The van der Waals surface area contributed by atoms with Crippen LogP contribution < -0.4 is 0 Å². The Morgan fingerprint density at radius 3 is 2.50 bits per heavy atom. The Hall–Kier alpha value is 0.137. The average Bonchev–Trinajstić information content (AvgIpc) is 1.68. The monoisotopic (exact) mass is 134 g/mol. The quantitative estimate of drug-likeness (QED) is 0.572. The highest BCUT2D eigenvalue weighted by atomic mass is 28.3. The Morgan fingerprint density at radius 2 is 2.12 bits per heavy atom. The van der Waals surface area contributed by atoms with Gasteiger partial charge in [0.2, 0.25) is 0 Å². The van der Waals surface area contributed by atoms with Crippen LogP contribution in [0.2, 0.25) is 6.04 Å². The van der Waals surface area contributed by atoms with E-state index in [2.05, 4.69) is 6.92 Å². The van der Waals surface area contributed by atoms with Crippen molar-refractivity contribution in [1.82, 2.24) is 0 Å². The lowest BCUT2D eigenvalue weighted by Gasteiger charge is -2.04. The molecule has 50 valence electrons. The summed E-state index contributed by atoms with van der Waals surface area (Å²) in [5, 5.41) is 0. The fourth-order valence-electron chi connectivity index (χ4n) is 0.523. The van der Waals surface area contributed by atoms with E-state index >= 15 is 0 Å². The van der Waals surface area contributed by atoms with Gasteiger partial charge in [-0.2, -0.15) is 0 Å². The van der Waals surface area contributed by atoms with Crippen molar-refractivity contribution in [2.75, 3.05) is 6.61 Å². The molecule has 1 N–H and O–H groups in total. The molecule has 0 spiro atoms. The van der Waals surface area contributed by atoms with E-state index in [1.54, 1.807) is 0 Å². The van der Waals surface area contributed by atoms with Crippen molar-refractivity contribution in [1.29, 1.82) is 0 Å². The van der Waals surface area contributed by atoms with Crippen molar-refractivity contribution >= 4 is 9.28 Å². The third kappa shape index (κ3) is 4.30. The van der Waals surface area contributed by atoms with Crippen molar-refractivity contribution in [3.8, 4) is 0 Å². The Kier molecular flexibility index (Phi) is 5.37. The highest BCUT2D eigenvalue weighted by Crippen LogP contribution is 1.93. The summed E-state index contributed by atoms with van der Waals surface area (Å²) in [6, 6.07) is 0.883. The van der Waals surface area contributed by atoms with E-state index in [1.165, 1.54) is 0 Å². The van der Waals surface area contributed by atoms with Crippen LogP contribution in [0, 0.1) is 0 Å². The third-order valence-electron chi connectivity index (χ3n) is 0.895. The maximum Gasteiger partial charge on any atom is 0.318 e. The average molecular weight is 134 g/mol. The van der Waals surface area contributed by atoms with Crippen LogP contribution in [0.5, 0.6) is 0 Å². The van der Waals surface area contributed by atoms with Crippen molar-refractivity contribution in [2.24, 2.45) is 0 Å². The highest BCUT2D eigenvalue weighted by molar-refractivity contribution is 6.42. The van der Waals surface area contributed by atoms with Gasteiger partial charge in [0.25, 0.3) is 0 Å². The van der Waals surface area contributed by atoms with Crippen molar-refractivity contribution in [2.45, 2.75) is 26.3 Å². The van der Waals surface area contributed by atoms with Crippen LogP contribution >= 0.6 is 0 Å². The van der Waals surface area contributed by atoms with Gasteiger partial charge in [-0.15, -0.1) is 0 Å². The van der Waals surface area contributed by atoms with Gasteiger partial charge in [0.15, 0.2) is 0 Å². The minimum absolute atomic E-state index is 0.660. The zero-order chi connectivity index (χ0) is 6.41. The Morgan fingerprint density at radius 1 is 1.50 bits per heavy atom. The normalized spacial score (nSPS) is 13.9. The van der Waals surface area contributed by atoms with Crippen molar-refractivity contribution in [3.63, 3.8) is 0 Å². The molecule has 1 atom stereocenters. The lowest BCUT2D eigenvalue weighted by molar-refractivity contribution is 0.274. The van der Waals surface area contributed by atoms with E-state index in [0.717, 1.165) is 12.5 Å². The summed E-state index contributed by atoms with van der Waals surface area (Å²) in [5.41, 5.74) is 0. The van der Waals surface area contributed by atoms with Gasteiger partial charge in [0.1, 0.15) is 0 Å². The van der Waals surface area contributed by atoms with E-state index in [9.17, 15) is 0 Å². The Bertz CT molecular complexity index is 43.7. The molecule has 0 fully saturated rings. The van der Waals surface area contributed by atoms with Crippen LogP contribution in [0.1, 0.15) is 20.3 Å². The number of rotatable bonds is 4. The second-order valence-corrected chi connectivity index (χ2v) is 3.52. The Labute approximate surface area is 52.3 Å². The van der Waals surface area contributed by atoms with E-state index in [1.807, 2.05) is 6.92 Å². The third-order valence-corrected chi connectivity index (χ3v) is 2.68. The Balaban J connectivity index is 2.92. The lowest BCUT2D eigenvalue weighted by atomic mass is 10.6. The summed E-state index contributed by atoms with van der Waals surface area (Å²) in [6.07, 6.45) is 1.04. The topological polar surface area (TPSA) is 29.5 Å². The van der Waals surface area contributed by atoms with Crippen LogP contribution in [0.15, 0.2) is 0 Å². The summed E-state index contributed by atoms with van der Waals surface area (Å²) in [7, 11) is -1.70. The van der Waals surface area contributed by atoms with Crippen LogP contribution in [-0.2, 0) is 4.43 Å². The highest BCUT2D eigenvalue weighted by Gasteiger charge is 2.02. The number of hydrogen-bond donors (Lipinski definition) is 1. The summed E-state index contributed by atoms with van der Waals surface area (Å²) in [4.78, 5) is 8.97. The zero-order valence-electron chi connectivity index (χ0n) is 5.55. The van der Waals surface area contributed by atoms with E-state index in [0.29, 0.717) is 6.61 Å². The first-order valence-corrected chi connectivity index (χ1v) is 4.91. The maximum atomic E-state index is 8.97. The molecule has 0 aliphatic carbocycles. The minimum atomic E-state index is -1.70. The molecule has 0 saturated carbocycles. The van der Waals surface area contributed by atoms with Crippen LogP contribution in [0.25, 0.3) is 0 Å². The van der Waals surface area contributed by atoms with Gasteiger partial charge in [-0.25, -0.2) is 0 Å². The van der Waals surface area contributed by atoms with E-state index in [4.69, 9.17) is 9.22 Å². The molecule has 0 bridgehead atoms. The molecule has 0 aromatic heterocycles. The van der Waals surface area contributed by atoms with Gasteiger partial charge in [0, 0.05) is 6.61 Å². The van der Waals surface area contributed by atoms with E-state index < -0.39 is 9.28 Å².